The molecule has 0 fully saturated rings. The zero-order chi connectivity index (χ0) is 34.2. The lowest BCUT2D eigenvalue weighted by Crippen LogP contribution is -1.95. The second-order valence-corrected chi connectivity index (χ2v) is 13.7. The summed E-state index contributed by atoms with van der Waals surface area (Å²) < 4.78 is 4.90. The number of para-hydroxylation sites is 2. The molecule has 0 saturated heterocycles. The number of fused-ring (bicyclic) bond motifs is 9. The predicted molar refractivity (Wildman–Crippen MR) is 221 cm³/mol. The van der Waals surface area contributed by atoms with Crippen LogP contribution in [0.1, 0.15) is 0 Å². The summed E-state index contributed by atoms with van der Waals surface area (Å²) in [4.78, 5) is 0. The van der Waals surface area contributed by atoms with Gasteiger partial charge in [0.25, 0.3) is 0 Å². The molecule has 0 atom stereocenters. The molecule has 0 amide bonds. The van der Waals surface area contributed by atoms with Crippen LogP contribution in [0.3, 0.4) is 0 Å². The van der Waals surface area contributed by atoms with Crippen molar-refractivity contribution in [2.24, 2.45) is 0 Å². The summed E-state index contributed by atoms with van der Waals surface area (Å²) in [5, 5.41) is 10.0. The van der Waals surface area contributed by atoms with Gasteiger partial charge in [-0.05, 0) is 98.4 Å². The minimum atomic E-state index is 1.16. The highest BCUT2D eigenvalue weighted by Gasteiger charge is 2.21. The summed E-state index contributed by atoms with van der Waals surface area (Å²) in [5.74, 6) is 0. The number of benzene rings is 9. The van der Waals surface area contributed by atoms with Crippen molar-refractivity contribution in [1.82, 2.24) is 9.13 Å². The smallest absolute Gasteiger partial charge is 0.0548 e. The van der Waals surface area contributed by atoms with E-state index >= 15 is 0 Å². The van der Waals surface area contributed by atoms with E-state index in [4.69, 9.17) is 0 Å². The van der Waals surface area contributed by atoms with Crippen molar-refractivity contribution in [3.05, 3.63) is 194 Å². The molecule has 52 heavy (non-hydrogen) atoms. The van der Waals surface area contributed by atoms with E-state index in [1.54, 1.807) is 0 Å². The summed E-state index contributed by atoms with van der Waals surface area (Å²) in [6, 6.07) is 70.9. The highest BCUT2D eigenvalue weighted by molar-refractivity contribution is 6.29. The second-order valence-electron chi connectivity index (χ2n) is 13.7. The van der Waals surface area contributed by atoms with Crippen LogP contribution in [0.25, 0.3) is 98.8 Å². The van der Waals surface area contributed by atoms with Gasteiger partial charge in [-0.15, -0.1) is 0 Å². The molecule has 0 N–H and O–H groups in total. The fraction of sp³-hybridized carbons (Fsp3) is 0. The van der Waals surface area contributed by atoms with Gasteiger partial charge in [0.05, 0.1) is 22.1 Å². The SMILES string of the molecule is c1ccc(-c2ccc3ccc(-n4c5ccccc5c5c6c7ccccc7n(-c7ccc8c(-c9ccccc9)cccc8c7)c6ccc54)cc3c2)cc1. The molecule has 2 heteroatoms. The van der Waals surface area contributed by atoms with E-state index in [-0.39, 0.29) is 0 Å². The van der Waals surface area contributed by atoms with Gasteiger partial charge in [-0.2, -0.15) is 0 Å². The van der Waals surface area contributed by atoms with Crippen LogP contribution in [0.4, 0.5) is 0 Å². The van der Waals surface area contributed by atoms with Crippen LogP contribution in [0.5, 0.6) is 0 Å². The van der Waals surface area contributed by atoms with Crippen molar-refractivity contribution < 1.29 is 0 Å². The zero-order valence-corrected chi connectivity index (χ0v) is 28.4. The topological polar surface area (TPSA) is 9.86 Å². The van der Waals surface area contributed by atoms with Crippen LogP contribution in [0, 0.1) is 0 Å². The summed E-state index contributed by atoms with van der Waals surface area (Å²) in [6.07, 6.45) is 0. The summed E-state index contributed by atoms with van der Waals surface area (Å²) in [5.41, 5.74) is 12.1. The Morgan fingerprint density at radius 1 is 0.269 bits per heavy atom. The second kappa shape index (κ2) is 11.3. The molecule has 11 aromatic rings. The van der Waals surface area contributed by atoms with Crippen molar-refractivity contribution in [2.75, 3.05) is 0 Å². The lowest BCUT2D eigenvalue weighted by atomic mass is 9.98. The predicted octanol–water partition coefficient (Wildman–Crippen LogP) is 13.5. The highest BCUT2D eigenvalue weighted by atomic mass is 15.0. The largest absolute Gasteiger partial charge is 0.309 e. The molecule has 0 aliphatic carbocycles. The number of hydrogen-bond acceptors (Lipinski definition) is 0. The molecule has 242 valence electrons. The van der Waals surface area contributed by atoms with Gasteiger partial charge in [0.1, 0.15) is 0 Å². The van der Waals surface area contributed by atoms with Crippen LogP contribution in [-0.2, 0) is 0 Å². The van der Waals surface area contributed by atoms with E-state index in [0.717, 1.165) is 11.4 Å². The molecule has 0 saturated carbocycles. The molecule has 0 bridgehead atoms. The Morgan fingerprint density at radius 3 is 1.50 bits per heavy atom. The number of nitrogens with zero attached hydrogens (tertiary/aromatic N) is 2. The van der Waals surface area contributed by atoms with Crippen molar-refractivity contribution in [3.8, 4) is 33.6 Å². The third kappa shape index (κ3) is 4.31. The van der Waals surface area contributed by atoms with Crippen LogP contribution in [0.2, 0.25) is 0 Å². The molecule has 0 aliphatic heterocycles. The van der Waals surface area contributed by atoms with Gasteiger partial charge in [-0.25, -0.2) is 0 Å². The molecule has 2 nitrogen and oxygen atoms in total. The first-order chi connectivity index (χ1) is 25.8. The van der Waals surface area contributed by atoms with Crippen molar-refractivity contribution in [1.29, 1.82) is 0 Å². The van der Waals surface area contributed by atoms with Crippen LogP contribution in [-0.4, -0.2) is 9.13 Å². The Labute approximate surface area is 301 Å². The third-order valence-electron chi connectivity index (χ3n) is 10.9. The lowest BCUT2D eigenvalue weighted by Gasteiger charge is -2.12. The third-order valence-corrected chi connectivity index (χ3v) is 10.9. The van der Waals surface area contributed by atoms with E-state index in [9.17, 15) is 0 Å². The van der Waals surface area contributed by atoms with Crippen LogP contribution in [0.15, 0.2) is 194 Å². The van der Waals surface area contributed by atoms with E-state index in [0.29, 0.717) is 0 Å². The highest BCUT2D eigenvalue weighted by Crippen LogP contribution is 2.43. The number of rotatable bonds is 4. The summed E-state index contributed by atoms with van der Waals surface area (Å²) >= 11 is 0. The number of aromatic nitrogens is 2. The molecule has 0 unspecified atom stereocenters. The molecular weight excluding hydrogens is 629 g/mol. The average Bonchev–Trinajstić information content (AvgIpc) is 3.73. The molecule has 11 rings (SSSR count). The van der Waals surface area contributed by atoms with E-state index in [1.165, 1.54) is 87.4 Å². The van der Waals surface area contributed by atoms with Crippen molar-refractivity contribution in [2.45, 2.75) is 0 Å². The molecule has 0 spiro atoms. The fourth-order valence-electron chi connectivity index (χ4n) is 8.54. The standard InChI is InChI=1S/C50H32N2/c1-3-12-33(13-4-1)36-23-22-34-24-25-39(32-38(34)30-36)51-45-20-9-7-17-43(45)49-47(51)28-29-48-50(49)44-18-8-10-21-46(44)52(48)40-26-27-42-37(31-40)16-11-19-41(42)35-14-5-2-6-15-35/h1-32H. The maximum atomic E-state index is 2.45. The van der Waals surface area contributed by atoms with E-state index in [1.807, 2.05) is 0 Å². The van der Waals surface area contributed by atoms with E-state index < -0.39 is 0 Å². The van der Waals surface area contributed by atoms with E-state index in [2.05, 4.69) is 203 Å². The Kier molecular flexibility index (Phi) is 6.28. The average molecular weight is 661 g/mol. The van der Waals surface area contributed by atoms with Crippen LogP contribution >= 0.6 is 0 Å². The fourth-order valence-corrected chi connectivity index (χ4v) is 8.54. The van der Waals surface area contributed by atoms with Crippen LogP contribution < -0.4 is 0 Å². The molecular formula is C50H32N2. The molecule has 0 aliphatic rings. The minimum absolute atomic E-state index is 1.16. The van der Waals surface area contributed by atoms with Gasteiger partial charge >= 0.3 is 0 Å². The molecule has 0 radical (unpaired) electrons. The first-order valence-electron chi connectivity index (χ1n) is 17.9. The van der Waals surface area contributed by atoms with Gasteiger partial charge < -0.3 is 9.13 Å². The first-order valence-corrected chi connectivity index (χ1v) is 17.9. The normalized spacial score (nSPS) is 11.8. The van der Waals surface area contributed by atoms with Gasteiger partial charge in [0.2, 0.25) is 0 Å². The maximum absolute atomic E-state index is 2.45. The molecule has 2 aromatic heterocycles. The molecule has 9 aromatic carbocycles. The molecule has 2 heterocycles. The Hall–Kier alpha value is -6.90. The van der Waals surface area contributed by atoms with Gasteiger partial charge in [0.15, 0.2) is 0 Å². The zero-order valence-electron chi connectivity index (χ0n) is 28.4. The Morgan fingerprint density at radius 2 is 0.827 bits per heavy atom. The lowest BCUT2D eigenvalue weighted by molar-refractivity contribution is 1.18. The Balaban J connectivity index is 1.15. The number of hydrogen-bond donors (Lipinski definition) is 0. The van der Waals surface area contributed by atoms with Gasteiger partial charge in [0, 0.05) is 32.9 Å². The van der Waals surface area contributed by atoms with Crippen molar-refractivity contribution >= 4 is 65.2 Å². The van der Waals surface area contributed by atoms with Gasteiger partial charge in [-0.1, -0.05) is 140 Å². The monoisotopic (exact) mass is 660 g/mol. The minimum Gasteiger partial charge on any atom is -0.309 e. The Bertz CT molecular complexity index is 3060. The maximum Gasteiger partial charge on any atom is 0.0548 e. The summed E-state index contributed by atoms with van der Waals surface area (Å²) in [7, 11) is 0. The first kappa shape index (κ1) is 28.9. The quantitative estimate of drug-likeness (QED) is 0.178. The summed E-state index contributed by atoms with van der Waals surface area (Å²) in [6.45, 7) is 0. The van der Waals surface area contributed by atoms with Crippen molar-refractivity contribution in [3.63, 3.8) is 0 Å². The van der Waals surface area contributed by atoms with Gasteiger partial charge in [-0.3, -0.25) is 0 Å².